The molecule has 0 bridgehead atoms. The molecule has 0 fully saturated rings. The van der Waals surface area contributed by atoms with Gasteiger partial charge in [-0.05, 0) is 28.8 Å². The minimum Gasteiger partial charge on any atom is -0.332 e. The molecule has 0 unspecified atom stereocenters. The van der Waals surface area contributed by atoms with Crippen LogP contribution in [0.3, 0.4) is 0 Å². The third-order valence-corrected chi connectivity index (χ3v) is 4.53. The number of H-pyrrole nitrogens is 1. The normalized spacial score (nSPS) is 10.7. The van der Waals surface area contributed by atoms with E-state index < -0.39 is 0 Å². The minimum atomic E-state index is -0.263. The van der Waals surface area contributed by atoms with Gasteiger partial charge in [0.15, 0.2) is 0 Å². The first-order valence-electron chi connectivity index (χ1n) is 8.99. The Bertz CT molecular complexity index is 1150. The summed E-state index contributed by atoms with van der Waals surface area (Å²) >= 11 is 0. The third kappa shape index (κ3) is 3.96. The van der Waals surface area contributed by atoms with Gasteiger partial charge < -0.3 is 10.2 Å². The van der Waals surface area contributed by atoms with E-state index in [4.69, 9.17) is 0 Å². The van der Waals surface area contributed by atoms with Crippen molar-refractivity contribution < 1.29 is 9.59 Å². The maximum Gasteiger partial charge on any atom is 0.254 e. The Morgan fingerprint density at radius 2 is 1.76 bits per heavy atom. The number of carbonyl (C=O) groups is 2. The van der Waals surface area contributed by atoms with Crippen LogP contribution in [0.25, 0.3) is 22.2 Å². The van der Waals surface area contributed by atoms with E-state index in [2.05, 4.69) is 25.9 Å². The summed E-state index contributed by atoms with van der Waals surface area (Å²) in [5.41, 5.74) is 1.93. The second-order valence-electron chi connectivity index (χ2n) is 6.55. The molecule has 0 saturated heterocycles. The highest BCUT2D eigenvalue weighted by atomic mass is 16.2. The van der Waals surface area contributed by atoms with E-state index in [1.165, 1.54) is 4.90 Å². The van der Waals surface area contributed by atoms with Gasteiger partial charge >= 0.3 is 0 Å². The number of likely N-dealkylation sites (N-methyl/N-ethyl adjacent to an activating group) is 1. The number of nitrogens with one attached hydrogen (secondary N) is 2. The van der Waals surface area contributed by atoms with Crippen LogP contribution in [0.5, 0.6) is 0 Å². The second kappa shape index (κ2) is 7.89. The predicted octanol–water partition coefficient (Wildman–Crippen LogP) is 2.73. The molecule has 8 heteroatoms. The van der Waals surface area contributed by atoms with Crippen LogP contribution < -0.4 is 5.32 Å². The van der Waals surface area contributed by atoms with Crippen molar-refractivity contribution in [2.45, 2.75) is 0 Å². The molecule has 2 N–H and O–H groups in total. The van der Waals surface area contributed by atoms with Crippen LogP contribution in [0, 0.1) is 0 Å². The summed E-state index contributed by atoms with van der Waals surface area (Å²) in [6, 6.07) is 20.3. The lowest BCUT2D eigenvalue weighted by Gasteiger charge is -2.17. The second-order valence-corrected chi connectivity index (χ2v) is 6.55. The van der Waals surface area contributed by atoms with E-state index in [1.54, 1.807) is 31.3 Å². The van der Waals surface area contributed by atoms with Gasteiger partial charge in [0.2, 0.25) is 11.7 Å². The molecule has 2 amide bonds. The summed E-state index contributed by atoms with van der Waals surface area (Å²) in [7, 11) is 1.60. The molecule has 0 spiro atoms. The maximum atomic E-state index is 12.6. The Morgan fingerprint density at radius 3 is 2.52 bits per heavy atom. The number of aromatic amines is 1. The number of hydrogen-bond donors (Lipinski definition) is 2. The molecule has 29 heavy (non-hydrogen) atoms. The molecular weight excluding hydrogens is 368 g/mol. The Labute approximate surface area is 166 Å². The molecule has 0 radical (unpaired) electrons. The molecular formula is C21H18N6O2. The molecule has 0 aliphatic rings. The molecule has 0 atom stereocenters. The number of tetrazole rings is 1. The number of hydrogen-bond acceptors (Lipinski definition) is 5. The van der Waals surface area contributed by atoms with E-state index in [0.29, 0.717) is 11.4 Å². The molecule has 1 aromatic heterocycles. The van der Waals surface area contributed by atoms with E-state index in [9.17, 15) is 9.59 Å². The summed E-state index contributed by atoms with van der Waals surface area (Å²) in [5.74, 6) is -0.0647. The van der Waals surface area contributed by atoms with Gasteiger partial charge in [-0.2, -0.15) is 5.21 Å². The summed E-state index contributed by atoms with van der Waals surface area (Å²) in [6.07, 6.45) is 0. The predicted molar refractivity (Wildman–Crippen MR) is 109 cm³/mol. The van der Waals surface area contributed by atoms with Gasteiger partial charge in [-0.1, -0.05) is 48.5 Å². The molecule has 3 aromatic carbocycles. The van der Waals surface area contributed by atoms with Crippen molar-refractivity contribution in [3.63, 3.8) is 0 Å². The van der Waals surface area contributed by atoms with E-state index in [1.807, 2.05) is 42.5 Å². The molecule has 8 nitrogen and oxygen atoms in total. The Kier molecular flexibility index (Phi) is 4.98. The molecule has 1 heterocycles. The van der Waals surface area contributed by atoms with Crippen LogP contribution in [0.15, 0.2) is 66.7 Å². The van der Waals surface area contributed by atoms with Gasteiger partial charge in [-0.25, -0.2) is 0 Å². The fraction of sp³-hybridized carbons (Fsp3) is 0.0952. The third-order valence-electron chi connectivity index (χ3n) is 4.53. The first-order chi connectivity index (χ1) is 14.1. The van der Waals surface area contributed by atoms with Crippen LogP contribution in [-0.4, -0.2) is 50.9 Å². The lowest BCUT2D eigenvalue weighted by molar-refractivity contribution is -0.116. The number of carbonyl (C=O) groups excluding carboxylic acids is 2. The fourth-order valence-corrected chi connectivity index (χ4v) is 3.08. The van der Waals surface area contributed by atoms with Crippen molar-refractivity contribution >= 4 is 28.3 Å². The van der Waals surface area contributed by atoms with Crippen molar-refractivity contribution in [3.05, 3.63) is 72.3 Å². The summed E-state index contributed by atoms with van der Waals surface area (Å²) in [6.45, 7) is -0.0609. The molecule has 144 valence electrons. The average molecular weight is 386 g/mol. The SMILES string of the molecule is CN(CC(=O)Nc1cccc2ccccc12)C(=O)c1ccc(-c2nn[nH]n2)cc1. The van der Waals surface area contributed by atoms with Gasteiger partial charge in [0, 0.05) is 29.2 Å². The van der Waals surface area contributed by atoms with Crippen molar-refractivity contribution in [2.24, 2.45) is 0 Å². The minimum absolute atomic E-state index is 0.0609. The summed E-state index contributed by atoms with van der Waals surface area (Å²) < 4.78 is 0. The lowest BCUT2D eigenvalue weighted by Crippen LogP contribution is -2.34. The monoisotopic (exact) mass is 386 g/mol. The van der Waals surface area contributed by atoms with Crippen molar-refractivity contribution in [3.8, 4) is 11.4 Å². The zero-order valence-corrected chi connectivity index (χ0v) is 15.7. The number of rotatable bonds is 5. The van der Waals surface area contributed by atoms with Crippen LogP contribution in [-0.2, 0) is 4.79 Å². The van der Waals surface area contributed by atoms with E-state index in [0.717, 1.165) is 22.0 Å². The van der Waals surface area contributed by atoms with Crippen molar-refractivity contribution in [1.82, 2.24) is 25.5 Å². The summed E-state index contributed by atoms with van der Waals surface area (Å²) in [4.78, 5) is 26.5. The number of fused-ring (bicyclic) bond motifs is 1. The Balaban J connectivity index is 1.42. The zero-order chi connectivity index (χ0) is 20.2. The number of nitrogens with zero attached hydrogens (tertiary/aromatic N) is 4. The maximum absolute atomic E-state index is 12.6. The highest BCUT2D eigenvalue weighted by molar-refractivity contribution is 6.04. The van der Waals surface area contributed by atoms with E-state index >= 15 is 0 Å². The Hall–Kier alpha value is -4.07. The van der Waals surface area contributed by atoms with Crippen molar-refractivity contribution in [2.75, 3.05) is 18.9 Å². The first-order valence-corrected chi connectivity index (χ1v) is 8.99. The van der Waals surface area contributed by atoms with Gasteiger partial charge in [0.05, 0.1) is 6.54 Å². The first kappa shape index (κ1) is 18.3. The summed E-state index contributed by atoms with van der Waals surface area (Å²) in [5, 5.41) is 18.6. The zero-order valence-electron chi connectivity index (χ0n) is 15.7. The molecule has 4 aromatic rings. The Morgan fingerprint density at radius 1 is 1.00 bits per heavy atom. The largest absolute Gasteiger partial charge is 0.332 e. The fourth-order valence-electron chi connectivity index (χ4n) is 3.08. The van der Waals surface area contributed by atoms with E-state index in [-0.39, 0.29) is 18.4 Å². The van der Waals surface area contributed by atoms with Crippen LogP contribution in [0.2, 0.25) is 0 Å². The molecule has 0 aliphatic heterocycles. The van der Waals surface area contributed by atoms with Gasteiger partial charge in [-0.3, -0.25) is 9.59 Å². The number of aromatic nitrogens is 4. The highest BCUT2D eigenvalue weighted by Crippen LogP contribution is 2.23. The molecule has 4 rings (SSSR count). The molecule has 0 aliphatic carbocycles. The number of benzene rings is 3. The van der Waals surface area contributed by atoms with Crippen molar-refractivity contribution in [1.29, 1.82) is 0 Å². The quantitative estimate of drug-likeness (QED) is 0.549. The van der Waals surface area contributed by atoms with Crippen LogP contribution >= 0.6 is 0 Å². The van der Waals surface area contributed by atoms with Gasteiger partial charge in [-0.15, -0.1) is 10.2 Å². The smallest absolute Gasteiger partial charge is 0.254 e. The lowest BCUT2D eigenvalue weighted by atomic mass is 10.1. The van der Waals surface area contributed by atoms with Crippen LogP contribution in [0.1, 0.15) is 10.4 Å². The number of amides is 2. The highest BCUT2D eigenvalue weighted by Gasteiger charge is 2.16. The molecule has 0 saturated carbocycles. The standard InChI is InChI=1S/C21H18N6O2/c1-27(21(29)16-11-9-15(10-12-16)20-23-25-26-24-20)13-19(28)22-18-8-4-6-14-5-2-3-7-17(14)18/h2-12H,13H2,1H3,(H,22,28)(H,23,24,25,26). The average Bonchev–Trinajstić information content (AvgIpc) is 3.28. The van der Waals surface area contributed by atoms with Gasteiger partial charge in [0.25, 0.3) is 5.91 Å². The topological polar surface area (TPSA) is 104 Å². The van der Waals surface area contributed by atoms with Gasteiger partial charge in [0.1, 0.15) is 0 Å². The van der Waals surface area contributed by atoms with Crippen LogP contribution in [0.4, 0.5) is 5.69 Å². The number of anilines is 1.